The Morgan fingerprint density at radius 3 is 2.34 bits per heavy atom. The summed E-state index contributed by atoms with van der Waals surface area (Å²) in [4.78, 5) is 29.3. The van der Waals surface area contributed by atoms with Crippen LogP contribution in [-0.2, 0) is 33.7 Å². The fraction of sp³-hybridized carbons (Fsp3) is 0.286. The number of hydrogen-bond donors (Lipinski definition) is 0. The zero-order valence-electron chi connectivity index (χ0n) is 16.1. The van der Waals surface area contributed by atoms with Crippen LogP contribution in [0.2, 0.25) is 10.0 Å². The van der Waals surface area contributed by atoms with Gasteiger partial charge in [0.2, 0.25) is 0 Å². The van der Waals surface area contributed by atoms with Crippen molar-refractivity contribution in [2.45, 2.75) is 33.2 Å². The summed E-state index contributed by atoms with van der Waals surface area (Å²) in [6.45, 7) is 3.96. The lowest BCUT2D eigenvalue weighted by Gasteiger charge is -2.06. The van der Waals surface area contributed by atoms with Crippen LogP contribution in [0.25, 0.3) is 10.2 Å². The molecule has 0 fully saturated rings. The number of aryl methyl sites for hydroxylation is 1. The van der Waals surface area contributed by atoms with E-state index in [4.69, 9.17) is 27.9 Å². The first-order chi connectivity index (χ1) is 13.9. The van der Waals surface area contributed by atoms with Crippen molar-refractivity contribution in [2.24, 2.45) is 4.99 Å². The predicted octanol–water partition coefficient (Wildman–Crippen LogP) is 4.81. The molecule has 0 N–H and O–H groups in total. The number of benzene rings is 2. The second kappa shape index (κ2) is 9.57. The average molecular weight is 451 g/mol. The number of nitrogens with zero attached hydrogens (tertiary/aromatic N) is 2. The molecule has 8 heteroatoms. The van der Waals surface area contributed by atoms with Crippen molar-refractivity contribution in [3.63, 3.8) is 0 Å². The number of amides is 1. The molecule has 5 nitrogen and oxygen atoms in total. The molecule has 0 atom stereocenters. The van der Waals surface area contributed by atoms with Crippen LogP contribution in [0.15, 0.2) is 41.4 Å². The van der Waals surface area contributed by atoms with Crippen LogP contribution in [-0.4, -0.2) is 23.1 Å². The number of carbonyl (C=O) groups excluding carboxylic acids is 2. The van der Waals surface area contributed by atoms with Gasteiger partial charge in [-0.25, -0.2) is 0 Å². The van der Waals surface area contributed by atoms with Gasteiger partial charge in [-0.3, -0.25) is 9.59 Å². The van der Waals surface area contributed by atoms with Crippen molar-refractivity contribution in [3.05, 3.63) is 62.4 Å². The number of aromatic nitrogens is 1. The molecule has 0 saturated heterocycles. The summed E-state index contributed by atoms with van der Waals surface area (Å²) in [7, 11) is 0. The number of ether oxygens (including phenoxy) is 1. The molecule has 0 saturated carbocycles. The molecular weight excluding hydrogens is 431 g/mol. The Bertz CT molecular complexity index is 1120. The molecule has 3 rings (SSSR count). The first kappa shape index (κ1) is 21.6. The van der Waals surface area contributed by atoms with E-state index in [1.54, 1.807) is 23.6 Å². The number of rotatable bonds is 6. The van der Waals surface area contributed by atoms with E-state index in [1.165, 1.54) is 16.9 Å². The Kier molecular flexibility index (Phi) is 7.11. The number of hydrogen-bond acceptors (Lipinski definition) is 4. The van der Waals surface area contributed by atoms with Gasteiger partial charge in [-0.05, 0) is 36.6 Å². The molecule has 0 spiro atoms. The summed E-state index contributed by atoms with van der Waals surface area (Å²) in [5.41, 5.74) is 2.65. The lowest BCUT2D eigenvalue weighted by molar-refractivity contribution is -0.143. The van der Waals surface area contributed by atoms with Gasteiger partial charge in [-0.1, -0.05) is 65.7 Å². The van der Waals surface area contributed by atoms with Crippen LogP contribution in [0, 0.1) is 0 Å². The van der Waals surface area contributed by atoms with Crippen LogP contribution in [0.5, 0.6) is 0 Å². The lowest BCUT2D eigenvalue weighted by atomic mass is 10.1. The minimum absolute atomic E-state index is 0.106. The molecule has 0 bridgehead atoms. The predicted molar refractivity (Wildman–Crippen MR) is 117 cm³/mol. The smallest absolute Gasteiger partial charge is 0.326 e. The average Bonchev–Trinajstić information content (AvgIpc) is 3.04. The van der Waals surface area contributed by atoms with Crippen molar-refractivity contribution in [1.82, 2.24) is 4.57 Å². The molecule has 3 aromatic rings. The summed E-state index contributed by atoms with van der Waals surface area (Å²) in [6.07, 6.45) is 1.11. The Morgan fingerprint density at radius 1 is 1.03 bits per heavy atom. The number of thiazole rings is 1. The van der Waals surface area contributed by atoms with E-state index in [0.717, 1.165) is 12.0 Å². The lowest BCUT2D eigenvalue weighted by Crippen LogP contribution is -2.23. The molecule has 0 aliphatic carbocycles. The highest BCUT2D eigenvalue weighted by Crippen LogP contribution is 2.31. The van der Waals surface area contributed by atoms with E-state index in [0.29, 0.717) is 25.1 Å². The fourth-order valence-electron chi connectivity index (χ4n) is 2.89. The van der Waals surface area contributed by atoms with Gasteiger partial charge in [0.25, 0.3) is 5.91 Å². The topological polar surface area (TPSA) is 60.7 Å². The largest absolute Gasteiger partial charge is 0.465 e. The van der Waals surface area contributed by atoms with Gasteiger partial charge >= 0.3 is 5.97 Å². The van der Waals surface area contributed by atoms with Crippen LogP contribution in [0.4, 0.5) is 0 Å². The Hall–Kier alpha value is -2.15. The molecule has 1 aromatic heterocycles. The van der Waals surface area contributed by atoms with Crippen molar-refractivity contribution in [2.75, 3.05) is 6.61 Å². The molecule has 0 radical (unpaired) electrons. The van der Waals surface area contributed by atoms with E-state index in [9.17, 15) is 9.59 Å². The third-order valence-electron chi connectivity index (χ3n) is 4.33. The van der Waals surface area contributed by atoms with Crippen molar-refractivity contribution in [3.8, 4) is 0 Å². The first-order valence-corrected chi connectivity index (χ1v) is 10.8. The van der Waals surface area contributed by atoms with Gasteiger partial charge < -0.3 is 9.30 Å². The fourth-order valence-corrected chi connectivity index (χ4v) is 4.55. The summed E-state index contributed by atoms with van der Waals surface area (Å²) >= 11 is 13.9. The van der Waals surface area contributed by atoms with E-state index >= 15 is 0 Å². The number of carbonyl (C=O) groups is 2. The molecule has 0 unspecified atom stereocenters. The monoisotopic (exact) mass is 450 g/mol. The Labute approximate surface area is 182 Å². The van der Waals surface area contributed by atoms with Gasteiger partial charge in [0.1, 0.15) is 6.54 Å². The molecule has 29 heavy (non-hydrogen) atoms. The highest BCUT2D eigenvalue weighted by atomic mass is 35.5. The molecular formula is C21H20Cl2N2O3S. The maximum Gasteiger partial charge on any atom is 0.326 e. The minimum atomic E-state index is -0.438. The summed E-state index contributed by atoms with van der Waals surface area (Å²) in [6, 6.07) is 11.2. The molecule has 152 valence electrons. The first-order valence-electron chi connectivity index (χ1n) is 9.21. The van der Waals surface area contributed by atoms with Gasteiger partial charge in [0.05, 0.1) is 33.3 Å². The van der Waals surface area contributed by atoms with Gasteiger partial charge in [0.15, 0.2) is 4.80 Å². The molecule has 1 amide bonds. The highest BCUT2D eigenvalue weighted by molar-refractivity contribution is 7.17. The van der Waals surface area contributed by atoms with Crippen LogP contribution >= 0.6 is 34.5 Å². The Balaban J connectivity index is 2.01. The summed E-state index contributed by atoms with van der Waals surface area (Å²) in [5, 5.41) is 0.907. The zero-order valence-corrected chi connectivity index (χ0v) is 18.4. The van der Waals surface area contributed by atoms with Crippen LogP contribution in [0.3, 0.4) is 0 Å². The van der Waals surface area contributed by atoms with E-state index in [1.807, 2.05) is 24.3 Å². The minimum Gasteiger partial charge on any atom is -0.465 e. The van der Waals surface area contributed by atoms with E-state index < -0.39 is 5.97 Å². The van der Waals surface area contributed by atoms with Crippen molar-refractivity contribution >= 4 is 56.6 Å². The molecule has 1 heterocycles. The van der Waals surface area contributed by atoms with E-state index in [-0.39, 0.29) is 25.5 Å². The third-order valence-corrected chi connectivity index (χ3v) is 6.17. The van der Waals surface area contributed by atoms with Crippen molar-refractivity contribution < 1.29 is 14.3 Å². The van der Waals surface area contributed by atoms with Gasteiger partial charge in [0, 0.05) is 0 Å². The number of halogens is 2. The zero-order chi connectivity index (χ0) is 21.0. The van der Waals surface area contributed by atoms with Crippen molar-refractivity contribution in [1.29, 1.82) is 0 Å². The number of fused-ring (bicyclic) bond motifs is 1. The maximum absolute atomic E-state index is 12.6. The third kappa shape index (κ3) is 5.07. The summed E-state index contributed by atoms with van der Waals surface area (Å²) in [5.74, 6) is -0.752. The Morgan fingerprint density at radius 2 is 1.69 bits per heavy atom. The van der Waals surface area contributed by atoms with Crippen LogP contribution < -0.4 is 4.80 Å². The second-order valence-corrected chi connectivity index (χ2v) is 8.13. The second-order valence-electron chi connectivity index (χ2n) is 6.34. The van der Waals surface area contributed by atoms with Crippen LogP contribution in [0.1, 0.15) is 25.0 Å². The SMILES string of the molecule is CCOC(=O)Cn1c(=NC(=O)Cc2ccc(CC)cc2)sc2c(Cl)ccc(Cl)c21. The highest BCUT2D eigenvalue weighted by Gasteiger charge is 2.16. The normalized spacial score (nSPS) is 11.8. The maximum atomic E-state index is 12.6. The van der Waals surface area contributed by atoms with E-state index in [2.05, 4.69) is 11.9 Å². The quantitative estimate of drug-likeness (QED) is 0.506. The molecule has 0 aliphatic rings. The standard InChI is InChI=1S/C21H20Cl2N2O3S/c1-3-13-5-7-14(8-6-13)11-17(26)24-21-25(12-18(27)28-4-2)19-15(22)9-10-16(23)20(19)29-21/h5-10H,3-4,11-12H2,1-2H3. The molecule has 0 aliphatic heterocycles. The van der Waals surface area contributed by atoms with Gasteiger partial charge in [-0.2, -0.15) is 4.99 Å². The van der Waals surface area contributed by atoms with Gasteiger partial charge in [-0.15, -0.1) is 0 Å². The summed E-state index contributed by atoms with van der Waals surface area (Å²) < 4.78 is 7.31. The molecule has 2 aromatic carbocycles. The number of esters is 1.